The van der Waals surface area contributed by atoms with Crippen molar-refractivity contribution in [2.24, 2.45) is 16.7 Å². The van der Waals surface area contributed by atoms with Crippen LogP contribution in [0.5, 0.6) is 0 Å². The Morgan fingerprint density at radius 2 is 1.88 bits per heavy atom. The Balaban J connectivity index is 1.84. The smallest absolute Gasteiger partial charge is 0.277 e. The molecule has 0 spiro atoms. The van der Waals surface area contributed by atoms with Gasteiger partial charge in [-0.2, -0.15) is 8.42 Å². The minimum atomic E-state index is -3.85. The van der Waals surface area contributed by atoms with E-state index in [2.05, 4.69) is 0 Å². The Hall–Kier alpha value is -0.400. The fourth-order valence-corrected chi connectivity index (χ4v) is 11.9. The van der Waals surface area contributed by atoms with Crippen molar-refractivity contribution in [1.29, 1.82) is 0 Å². The minimum Gasteiger partial charge on any atom is -0.299 e. The second-order valence-corrected chi connectivity index (χ2v) is 13.7. The van der Waals surface area contributed by atoms with Crippen LogP contribution in [-0.4, -0.2) is 43.0 Å². The number of carbonyl (C=O) groups is 2. The van der Waals surface area contributed by atoms with Gasteiger partial charge in [-0.1, -0.05) is 20.3 Å². The summed E-state index contributed by atoms with van der Waals surface area (Å²) >= 11 is 0. The summed E-state index contributed by atoms with van der Waals surface area (Å²) in [5.41, 5.74) is -1.10. The molecule has 0 N–H and O–H groups in total. The van der Waals surface area contributed by atoms with Gasteiger partial charge < -0.3 is 0 Å². The predicted octanol–water partition coefficient (Wildman–Crippen LogP) is 3.22. The third kappa shape index (κ3) is 3.32. The summed E-state index contributed by atoms with van der Waals surface area (Å²) in [5.74, 6) is 1.72. The molecule has 3 fully saturated rings. The lowest BCUT2D eigenvalue weighted by Gasteiger charge is -2.42. The van der Waals surface area contributed by atoms with E-state index >= 15 is 0 Å². The van der Waals surface area contributed by atoms with Gasteiger partial charge in [-0.3, -0.25) is 9.59 Å². The first-order valence-corrected chi connectivity index (χ1v) is 12.9. The van der Waals surface area contributed by atoms with E-state index in [0.717, 1.165) is 25.7 Å². The Morgan fingerprint density at radius 3 is 2.36 bits per heavy atom. The van der Waals surface area contributed by atoms with Crippen molar-refractivity contribution in [2.75, 3.05) is 23.0 Å². The second kappa shape index (κ2) is 6.34. The molecule has 0 aromatic carbocycles. The van der Waals surface area contributed by atoms with E-state index in [1.807, 2.05) is 13.8 Å². The molecule has 0 amide bonds. The van der Waals surface area contributed by atoms with Crippen LogP contribution in [0.2, 0.25) is 0 Å². The highest BCUT2D eigenvalue weighted by Gasteiger charge is 2.65. The first-order valence-electron chi connectivity index (χ1n) is 9.25. The highest BCUT2D eigenvalue weighted by atomic mass is 32.3. The highest BCUT2D eigenvalue weighted by Crippen LogP contribution is 2.65. The molecule has 2 aliphatic carbocycles. The number of fused-ring (bicyclic) bond motifs is 2. The van der Waals surface area contributed by atoms with E-state index in [-0.39, 0.29) is 34.4 Å². The van der Waals surface area contributed by atoms with Crippen molar-refractivity contribution in [1.82, 2.24) is 0 Å². The van der Waals surface area contributed by atoms with Crippen LogP contribution >= 0.6 is 10.3 Å². The fraction of sp³-hybridized carbons (Fsp3) is 0.889. The molecule has 0 aromatic heterocycles. The van der Waals surface area contributed by atoms with Gasteiger partial charge in [0, 0.05) is 17.9 Å². The van der Waals surface area contributed by atoms with Crippen LogP contribution in [0.4, 0.5) is 0 Å². The van der Waals surface area contributed by atoms with Crippen LogP contribution in [0.3, 0.4) is 0 Å². The summed E-state index contributed by atoms with van der Waals surface area (Å²) in [4.78, 5) is 24.4. The zero-order valence-corrected chi connectivity index (χ0v) is 17.1. The van der Waals surface area contributed by atoms with Gasteiger partial charge in [-0.05, 0) is 43.9 Å². The lowest BCUT2D eigenvalue weighted by atomic mass is 9.70. The third-order valence-electron chi connectivity index (χ3n) is 6.81. The van der Waals surface area contributed by atoms with Crippen LogP contribution in [0.25, 0.3) is 0 Å². The minimum absolute atomic E-state index is 0.0107. The van der Waals surface area contributed by atoms with Gasteiger partial charge >= 0.3 is 0 Å². The molecular formula is C18H30O5S2. The maximum absolute atomic E-state index is 13.0. The van der Waals surface area contributed by atoms with Gasteiger partial charge in [0.05, 0.1) is 16.9 Å². The Bertz CT molecular complexity index is 676. The van der Waals surface area contributed by atoms with E-state index in [1.54, 1.807) is 0 Å². The molecule has 1 heterocycles. The van der Waals surface area contributed by atoms with E-state index in [1.165, 1.54) is 6.92 Å². The molecule has 2 saturated carbocycles. The Kier molecular flexibility index (Phi) is 4.91. The average Bonchev–Trinajstić information content (AvgIpc) is 2.80. The van der Waals surface area contributed by atoms with E-state index in [4.69, 9.17) is 3.63 Å². The lowest BCUT2D eigenvalue weighted by molar-refractivity contribution is -0.128. The van der Waals surface area contributed by atoms with Gasteiger partial charge in [0.1, 0.15) is 11.6 Å². The Morgan fingerprint density at radius 1 is 1.24 bits per heavy atom. The molecule has 2 atom stereocenters. The number of hydrogen-bond donors (Lipinski definition) is 0. The van der Waals surface area contributed by atoms with Crippen LogP contribution in [0.1, 0.15) is 59.3 Å². The van der Waals surface area contributed by atoms with E-state index in [9.17, 15) is 18.0 Å². The van der Waals surface area contributed by atoms with Gasteiger partial charge in [-0.25, -0.2) is 3.63 Å². The van der Waals surface area contributed by atoms with Crippen LogP contribution < -0.4 is 0 Å². The van der Waals surface area contributed by atoms with Crippen LogP contribution in [0.15, 0.2) is 0 Å². The van der Waals surface area contributed by atoms with Gasteiger partial charge in [0.25, 0.3) is 10.1 Å². The summed E-state index contributed by atoms with van der Waals surface area (Å²) in [6.07, 6.45) is 4.94. The largest absolute Gasteiger partial charge is 0.299 e. The van der Waals surface area contributed by atoms with Gasteiger partial charge in [0.2, 0.25) is 0 Å². The lowest BCUT2D eigenvalue weighted by Crippen LogP contribution is -2.43. The maximum Gasteiger partial charge on any atom is 0.277 e. The summed E-state index contributed by atoms with van der Waals surface area (Å²) < 4.78 is 31.8. The van der Waals surface area contributed by atoms with Crippen molar-refractivity contribution < 1.29 is 21.6 Å². The van der Waals surface area contributed by atoms with Crippen molar-refractivity contribution >= 4 is 32.0 Å². The zero-order valence-electron chi connectivity index (χ0n) is 15.5. The van der Waals surface area contributed by atoms with Crippen molar-refractivity contribution in [3.8, 4) is 0 Å². The zero-order chi connectivity index (χ0) is 18.5. The quantitative estimate of drug-likeness (QED) is 0.696. The topological polar surface area (TPSA) is 77.5 Å². The molecule has 25 heavy (non-hydrogen) atoms. The van der Waals surface area contributed by atoms with Crippen LogP contribution in [-0.2, 0) is 23.3 Å². The summed E-state index contributed by atoms with van der Waals surface area (Å²) in [5, 5.41) is 0. The first kappa shape index (κ1) is 19.4. The van der Waals surface area contributed by atoms with Gasteiger partial charge in [-0.15, -0.1) is 10.3 Å². The van der Waals surface area contributed by atoms with Crippen molar-refractivity contribution in [3.63, 3.8) is 0 Å². The molecule has 7 heteroatoms. The SMILES string of the molecule is CC(=O)CS1(OS(=O)(=O)CC23CCC(CC2=O)C3(C)C)CCCCC1. The monoisotopic (exact) mass is 390 g/mol. The molecule has 5 nitrogen and oxygen atoms in total. The Labute approximate surface area is 152 Å². The number of rotatable bonds is 6. The summed E-state index contributed by atoms with van der Waals surface area (Å²) in [6.45, 7) is 5.57. The van der Waals surface area contributed by atoms with E-state index < -0.39 is 25.8 Å². The highest BCUT2D eigenvalue weighted by molar-refractivity contribution is 8.33. The molecule has 2 unspecified atom stereocenters. The molecule has 1 saturated heterocycles. The molecule has 0 radical (unpaired) electrons. The van der Waals surface area contributed by atoms with Crippen LogP contribution in [0, 0.1) is 16.7 Å². The molecule has 2 bridgehead atoms. The molecule has 1 aliphatic heterocycles. The number of Topliss-reactive ketones (excluding diaryl/α,β-unsaturated/α-hetero) is 2. The van der Waals surface area contributed by atoms with Gasteiger partial charge in [0.15, 0.2) is 0 Å². The summed E-state index contributed by atoms with van der Waals surface area (Å²) in [7, 11) is -5.77. The maximum atomic E-state index is 13.0. The molecule has 0 aromatic rings. The normalized spacial score (nSPS) is 34.8. The molecule has 3 aliphatic rings. The molecular weight excluding hydrogens is 360 g/mol. The fourth-order valence-electron chi connectivity index (χ4n) is 5.27. The first-order chi connectivity index (χ1) is 11.5. The number of hydrogen-bond acceptors (Lipinski definition) is 5. The number of carbonyl (C=O) groups excluding carboxylic acids is 2. The predicted molar refractivity (Wildman–Crippen MR) is 100 cm³/mol. The third-order valence-corrected chi connectivity index (χ3v) is 12.6. The summed E-state index contributed by atoms with van der Waals surface area (Å²) in [6, 6.07) is 0. The van der Waals surface area contributed by atoms with E-state index in [0.29, 0.717) is 24.3 Å². The second-order valence-electron chi connectivity index (χ2n) is 8.72. The van der Waals surface area contributed by atoms with Crippen molar-refractivity contribution in [2.45, 2.75) is 59.3 Å². The number of ketones is 2. The molecule has 144 valence electrons. The standard InChI is InChI=1S/C18H30O5S2/c1-14(19)12-24(9-5-4-6-10-24)23-25(21,22)13-18-8-7-15(11-16(18)20)17(18,2)3/h15H,4-13H2,1-3H3. The van der Waals surface area contributed by atoms with Crippen molar-refractivity contribution in [3.05, 3.63) is 0 Å². The average molecular weight is 391 g/mol. The molecule has 3 rings (SSSR count).